The van der Waals surface area contributed by atoms with Crippen LogP contribution in [-0.2, 0) is 11.8 Å². The van der Waals surface area contributed by atoms with E-state index in [-0.39, 0.29) is 11.9 Å². The lowest BCUT2D eigenvalue weighted by atomic mass is 9.99. The minimum atomic E-state index is -0.138. The van der Waals surface area contributed by atoms with Crippen LogP contribution < -0.4 is 0 Å². The van der Waals surface area contributed by atoms with Crippen molar-refractivity contribution in [2.75, 3.05) is 6.54 Å². The number of aromatic nitrogens is 4. The number of piperidine rings is 1. The summed E-state index contributed by atoms with van der Waals surface area (Å²) in [7, 11) is 1.85. The van der Waals surface area contributed by atoms with E-state index in [0.717, 1.165) is 31.4 Å². The van der Waals surface area contributed by atoms with Crippen molar-refractivity contribution in [2.45, 2.75) is 45.6 Å². The summed E-state index contributed by atoms with van der Waals surface area (Å²) in [6, 6.07) is -0.138. The van der Waals surface area contributed by atoms with Gasteiger partial charge in [0, 0.05) is 26.2 Å². The van der Waals surface area contributed by atoms with E-state index in [1.165, 1.54) is 0 Å². The predicted octanol–water partition coefficient (Wildman–Crippen LogP) is 2.57. The SMILES string of the molecule is CC(C)CC(c1nc(-c2cnn(C)c2)no1)N1CCCCC1=O. The minimum Gasteiger partial charge on any atom is -0.337 e. The molecule has 2 aromatic rings. The summed E-state index contributed by atoms with van der Waals surface area (Å²) in [5.41, 5.74) is 0.816. The van der Waals surface area contributed by atoms with Crippen LogP contribution in [0.3, 0.4) is 0 Å². The van der Waals surface area contributed by atoms with Gasteiger partial charge in [0.1, 0.15) is 6.04 Å². The number of aryl methyl sites for hydroxylation is 1. The van der Waals surface area contributed by atoms with E-state index in [9.17, 15) is 4.79 Å². The molecule has 1 saturated heterocycles. The predicted molar refractivity (Wildman–Crippen MR) is 84.3 cm³/mol. The topological polar surface area (TPSA) is 77.1 Å². The highest BCUT2D eigenvalue weighted by molar-refractivity contribution is 5.77. The van der Waals surface area contributed by atoms with Gasteiger partial charge in [0.2, 0.25) is 17.6 Å². The van der Waals surface area contributed by atoms with Crippen LogP contribution in [0.4, 0.5) is 0 Å². The summed E-state index contributed by atoms with van der Waals surface area (Å²) in [4.78, 5) is 18.7. The Kier molecular flexibility index (Phi) is 4.45. The normalized spacial score (nSPS) is 17.0. The van der Waals surface area contributed by atoms with Crippen molar-refractivity contribution >= 4 is 5.91 Å². The molecular formula is C16H23N5O2. The van der Waals surface area contributed by atoms with Gasteiger partial charge in [-0.25, -0.2) is 0 Å². The molecule has 1 fully saturated rings. The molecular weight excluding hydrogens is 294 g/mol. The highest BCUT2D eigenvalue weighted by Crippen LogP contribution is 2.31. The van der Waals surface area contributed by atoms with Gasteiger partial charge < -0.3 is 9.42 Å². The van der Waals surface area contributed by atoms with Crippen LogP contribution in [0, 0.1) is 5.92 Å². The lowest BCUT2D eigenvalue weighted by Crippen LogP contribution is -2.39. The summed E-state index contributed by atoms with van der Waals surface area (Å²) in [5.74, 6) is 1.66. The molecule has 3 heterocycles. The van der Waals surface area contributed by atoms with E-state index in [0.29, 0.717) is 24.1 Å². The molecule has 1 unspecified atom stereocenters. The second kappa shape index (κ2) is 6.52. The van der Waals surface area contributed by atoms with Gasteiger partial charge in [0.05, 0.1) is 11.8 Å². The Morgan fingerprint density at radius 2 is 2.17 bits per heavy atom. The molecule has 0 radical (unpaired) electrons. The molecule has 23 heavy (non-hydrogen) atoms. The average molecular weight is 317 g/mol. The van der Waals surface area contributed by atoms with Crippen molar-refractivity contribution in [1.82, 2.24) is 24.8 Å². The number of likely N-dealkylation sites (tertiary alicyclic amines) is 1. The van der Waals surface area contributed by atoms with E-state index in [4.69, 9.17) is 4.52 Å². The molecule has 7 heteroatoms. The maximum Gasteiger partial charge on any atom is 0.249 e. The molecule has 1 atom stereocenters. The summed E-state index contributed by atoms with van der Waals surface area (Å²) >= 11 is 0. The third-order valence-corrected chi connectivity index (χ3v) is 4.12. The van der Waals surface area contributed by atoms with Crippen LogP contribution in [0.2, 0.25) is 0 Å². The number of nitrogens with zero attached hydrogens (tertiary/aromatic N) is 5. The lowest BCUT2D eigenvalue weighted by molar-refractivity contribution is -0.137. The molecule has 0 bridgehead atoms. The van der Waals surface area contributed by atoms with Crippen LogP contribution in [0.1, 0.15) is 51.5 Å². The van der Waals surface area contributed by atoms with Crippen LogP contribution in [0.15, 0.2) is 16.9 Å². The molecule has 2 aromatic heterocycles. The first-order valence-corrected chi connectivity index (χ1v) is 8.16. The maximum absolute atomic E-state index is 12.3. The third kappa shape index (κ3) is 3.43. The van der Waals surface area contributed by atoms with Gasteiger partial charge in [-0.3, -0.25) is 9.48 Å². The van der Waals surface area contributed by atoms with E-state index >= 15 is 0 Å². The van der Waals surface area contributed by atoms with Crippen molar-refractivity contribution in [3.8, 4) is 11.4 Å². The van der Waals surface area contributed by atoms with Crippen LogP contribution in [0.25, 0.3) is 11.4 Å². The Morgan fingerprint density at radius 3 is 2.83 bits per heavy atom. The van der Waals surface area contributed by atoms with Crippen molar-refractivity contribution in [2.24, 2.45) is 13.0 Å². The van der Waals surface area contributed by atoms with E-state index in [2.05, 4.69) is 29.1 Å². The summed E-state index contributed by atoms with van der Waals surface area (Å²) in [6.07, 6.45) is 6.98. The summed E-state index contributed by atoms with van der Waals surface area (Å²) < 4.78 is 7.20. The Hall–Kier alpha value is -2.18. The Bertz CT molecular complexity index is 676. The zero-order valence-electron chi connectivity index (χ0n) is 13.9. The second-order valence-electron chi connectivity index (χ2n) is 6.55. The number of hydrogen-bond donors (Lipinski definition) is 0. The highest BCUT2D eigenvalue weighted by atomic mass is 16.5. The van der Waals surface area contributed by atoms with E-state index in [1.807, 2.05) is 18.1 Å². The van der Waals surface area contributed by atoms with Gasteiger partial charge >= 0.3 is 0 Å². The van der Waals surface area contributed by atoms with E-state index in [1.54, 1.807) is 10.9 Å². The van der Waals surface area contributed by atoms with Crippen LogP contribution in [0.5, 0.6) is 0 Å². The van der Waals surface area contributed by atoms with Crippen molar-refractivity contribution in [3.63, 3.8) is 0 Å². The smallest absolute Gasteiger partial charge is 0.249 e. The number of rotatable bonds is 5. The van der Waals surface area contributed by atoms with Gasteiger partial charge in [-0.1, -0.05) is 19.0 Å². The molecule has 7 nitrogen and oxygen atoms in total. The third-order valence-electron chi connectivity index (χ3n) is 4.12. The monoisotopic (exact) mass is 317 g/mol. The Morgan fingerprint density at radius 1 is 1.35 bits per heavy atom. The average Bonchev–Trinajstić information content (AvgIpc) is 3.14. The molecule has 0 N–H and O–H groups in total. The van der Waals surface area contributed by atoms with Crippen LogP contribution in [-0.4, -0.2) is 37.3 Å². The van der Waals surface area contributed by atoms with Gasteiger partial charge in [0.25, 0.3) is 0 Å². The van der Waals surface area contributed by atoms with Gasteiger partial charge in [-0.15, -0.1) is 0 Å². The number of amides is 1. The number of hydrogen-bond acceptors (Lipinski definition) is 5. The number of carbonyl (C=O) groups is 1. The quantitative estimate of drug-likeness (QED) is 0.847. The molecule has 0 aromatic carbocycles. The molecule has 3 rings (SSSR count). The fraction of sp³-hybridized carbons (Fsp3) is 0.625. The molecule has 1 amide bonds. The van der Waals surface area contributed by atoms with E-state index < -0.39 is 0 Å². The lowest BCUT2D eigenvalue weighted by Gasteiger charge is -2.33. The van der Waals surface area contributed by atoms with Gasteiger partial charge in [0.15, 0.2) is 0 Å². The summed E-state index contributed by atoms with van der Waals surface area (Å²) in [6.45, 7) is 5.04. The Balaban J connectivity index is 1.87. The zero-order valence-corrected chi connectivity index (χ0v) is 13.9. The molecule has 0 spiro atoms. The standard InChI is InChI=1S/C16H23N5O2/c1-11(2)8-13(21-7-5-4-6-14(21)22)16-18-15(19-23-16)12-9-17-20(3)10-12/h9-11,13H,4-8H2,1-3H3. The highest BCUT2D eigenvalue weighted by Gasteiger charge is 2.32. The zero-order chi connectivity index (χ0) is 16.4. The first kappa shape index (κ1) is 15.7. The van der Waals surface area contributed by atoms with Crippen molar-refractivity contribution < 1.29 is 9.32 Å². The largest absolute Gasteiger partial charge is 0.337 e. The van der Waals surface area contributed by atoms with Gasteiger partial charge in [-0.2, -0.15) is 10.1 Å². The van der Waals surface area contributed by atoms with Gasteiger partial charge in [-0.05, 0) is 25.2 Å². The molecule has 1 aliphatic heterocycles. The summed E-state index contributed by atoms with van der Waals surface area (Å²) in [5, 5.41) is 8.20. The first-order chi connectivity index (χ1) is 11.0. The maximum atomic E-state index is 12.3. The second-order valence-corrected chi connectivity index (χ2v) is 6.55. The molecule has 0 saturated carbocycles. The molecule has 124 valence electrons. The fourth-order valence-electron chi connectivity index (χ4n) is 2.99. The molecule has 1 aliphatic rings. The Labute approximate surface area is 135 Å². The molecule has 0 aliphatic carbocycles. The fourth-order valence-corrected chi connectivity index (χ4v) is 2.99. The van der Waals surface area contributed by atoms with Crippen molar-refractivity contribution in [1.29, 1.82) is 0 Å². The van der Waals surface area contributed by atoms with Crippen LogP contribution >= 0.6 is 0 Å². The first-order valence-electron chi connectivity index (χ1n) is 8.16. The van der Waals surface area contributed by atoms with Crippen molar-refractivity contribution in [3.05, 3.63) is 18.3 Å². The minimum absolute atomic E-state index is 0.138. The number of carbonyl (C=O) groups excluding carboxylic acids is 1.